The highest BCUT2D eigenvalue weighted by molar-refractivity contribution is 6.31. The molecule has 1 unspecified atom stereocenters. The van der Waals surface area contributed by atoms with E-state index < -0.39 is 6.04 Å². The van der Waals surface area contributed by atoms with Crippen LogP contribution in [0.15, 0.2) is 48.5 Å². The molecular formula is C19H19ClN2O2. The Labute approximate surface area is 146 Å². The lowest BCUT2D eigenvalue weighted by atomic mass is 10.1. The van der Waals surface area contributed by atoms with Crippen LogP contribution in [0.25, 0.3) is 0 Å². The number of amides is 2. The molecule has 1 saturated heterocycles. The van der Waals surface area contributed by atoms with E-state index in [1.165, 1.54) is 0 Å². The van der Waals surface area contributed by atoms with Gasteiger partial charge in [-0.25, -0.2) is 0 Å². The van der Waals surface area contributed by atoms with Gasteiger partial charge in [-0.3, -0.25) is 9.59 Å². The van der Waals surface area contributed by atoms with Crippen LogP contribution in [0.3, 0.4) is 0 Å². The van der Waals surface area contributed by atoms with Crippen LogP contribution in [-0.2, 0) is 16.1 Å². The van der Waals surface area contributed by atoms with Crippen molar-refractivity contribution in [3.8, 4) is 0 Å². The summed E-state index contributed by atoms with van der Waals surface area (Å²) in [6.07, 6.45) is 0.941. The molecule has 2 aromatic carbocycles. The summed E-state index contributed by atoms with van der Waals surface area (Å²) in [6, 6.07) is 14.6. The average molecular weight is 343 g/mol. The van der Waals surface area contributed by atoms with E-state index in [2.05, 4.69) is 5.32 Å². The third kappa shape index (κ3) is 3.60. The van der Waals surface area contributed by atoms with E-state index in [4.69, 9.17) is 11.6 Å². The Morgan fingerprint density at radius 1 is 1.25 bits per heavy atom. The van der Waals surface area contributed by atoms with Gasteiger partial charge in [-0.15, -0.1) is 0 Å². The smallest absolute Gasteiger partial charge is 0.247 e. The van der Waals surface area contributed by atoms with E-state index in [0.717, 1.165) is 11.1 Å². The molecule has 124 valence electrons. The number of hydrogen-bond donors (Lipinski definition) is 1. The lowest BCUT2D eigenvalue weighted by Crippen LogP contribution is -2.41. The third-order valence-electron chi connectivity index (χ3n) is 4.28. The number of anilines is 1. The van der Waals surface area contributed by atoms with Gasteiger partial charge < -0.3 is 10.2 Å². The molecule has 0 bridgehead atoms. The van der Waals surface area contributed by atoms with Crippen LogP contribution in [0.5, 0.6) is 0 Å². The van der Waals surface area contributed by atoms with Crippen molar-refractivity contribution in [1.29, 1.82) is 0 Å². The Hall–Kier alpha value is -2.33. The van der Waals surface area contributed by atoms with Crippen LogP contribution in [0.1, 0.15) is 24.0 Å². The molecule has 4 nitrogen and oxygen atoms in total. The quantitative estimate of drug-likeness (QED) is 0.919. The van der Waals surface area contributed by atoms with Gasteiger partial charge in [-0.2, -0.15) is 0 Å². The maximum absolute atomic E-state index is 12.7. The number of halogens is 1. The minimum atomic E-state index is -0.448. The zero-order valence-corrected chi connectivity index (χ0v) is 14.2. The van der Waals surface area contributed by atoms with Crippen LogP contribution >= 0.6 is 11.6 Å². The summed E-state index contributed by atoms with van der Waals surface area (Å²) in [5, 5.41) is 3.48. The summed E-state index contributed by atoms with van der Waals surface area (Å²) in [5.74, 6) is -0.149. The van der Waals surface area contributed by atoms with E-state index >= 15 is 0 Å². The molecule has 24 heavy (non-hydrogen) atoms. The summed E-state index contributed by atoms with van der Waals surface area (Å²) in [6.45, 7) is 2.36. The Balaban J connectivity index is 1.75. The summed E-state index contributed by atoms with van der Waals surface area (Å²) in [7, 11) is 0. The summed E-state index contributed by atoms with van der Waals surface area (Å²) >= 11 is 6.00. The SMILES string of the molecule is Cc1ccc(Cl)cc1NC(=O)C1CCC(=O)N1Cc1ccccc1. The van der Waals surface area contributed by atoms with Crippen molar-refractivity contribution in [3.05, 3.63) is 64.7 Å². The van der Waals surface area contributed by atoms with Crippen molar-refractivity contribution in [1.82, 2.24) is 4.90 Å². The topological polar surface area (TPSA) is 49.4 Å². The molecular weight excluding hydrogens is 324 g/mol. The number of carbonyl (C=O) groups excluding carboxylic acids is 2. The molecule has 0 saturated carbocycles. The number of nitrogens with zero attached hydrogens (tertiary/aromatic N) is 1. The molecule has 1 atom stereocenters. The molecule has 1 heterocycles. The first-order chi connectivity index (χ1) is 11.5. The fourth-order valence-electron chi connectivity index (χ4n) is 2.93. The second-order valence-corrected chi connectivity index (χ2v) is 6.45. The van der Waals surface area contributed by atoms with Crippen molar-refractivity contribution >= 4 is 29.1 Å². The van der Waals surface area contributed by atoms with Crippen LogP contribution in [0.4, 0.5) is 5.69 Å². The highest BCUT2D eigenvalue weighted by atomic mass is 35.5. The fraction of sp³-hybridized carbons (Fsp3) is 0.263. The number of rotatable bonds is 4. The fourth-order valence-corrected chi connectivity index (χ4v) is 3.10. The van der Waals surface area contributed by atoms with Gasteiger partial charge in [-0.1, -0.05) is 48.0 Å². The number of likely N-dealkylation sites (tertiary alicyclic amines) is 1. The minimum absolute atomic E-state index is 0.0156. The summed E-state index contributed by atoms with van der Waals surface area (Å²) < 4.78 is 0. The van der Waals surface area contributed by atoms with Gasteiger partial charge in [0.2, 0.25) is 11.8 Å². The molecule has 0 aromatic heterocycles. The number of carbonyl (C=O) groups is 2. The Bertz CT molecular complexity index is 761. The molecule has 1 N–H and O–H groups in total. The second-order valence-electron chi connectivity index (χ2n) is 6.01. The van der Waals surface area contributed by atoms with E-state index in [1.807, 2.05) is 43.3 Å². The lowest BCUT2D eigenvalue weighted by Gasteiger charge is -2.24. The maximum atomic E-state index is 12.7. The van der Waals surface area contributed by atoms with E-state index in [1.54, 1.807) is 17.0 Å². The van der Waals surface area contributed by atoms with Gasteiger partial charge in [0.25, 0.3) is 0 Å². The van der Waals surface area contributed by atoms with Crippen LogP contribution < -0.4 is 5.32 Å². The average Bonchev–Trinajstić information content (AvgIpc) is 2.93. The standard InChI is InChI=1S/C19H19ClN2O2/c1-13-7-8-15(20)11-16(13)21-19(24)17-9-10-18(23)22(17)12-14-5-3-2-4-6-14/h2-8,11,17H,9-10,12H2,1H3,(H,21,24). The van der Waals surface area contributed by atoms with E-state index in [-0.39, 0.29) is 11.8 Å². The highest BCUT2D eigenvalue weighted by Crippen LogP contribution is 2.25. The summed E-state index contributed by atoms with van der Waals surface area (Å²) in [4.78, 5) is 26.5. The Morgan fingerprint density at radius 3 is 2.75 bits per heavy atom. The van der Waals surface area contributed by atoms with Crippen molar-refractivity contribution in [2.45, 2.75) is 32.4 Å². The molecule has 3 rings (SSSR count). The monoisotopic (exact) mass is 342 g/mol. The van der Waals surface area contributed by atoms with Gasteiger partial charge in [0.05, 0.1) is 0 Å². The van der Waals surface area contributed by atoms with Crippen molar-refractivity contribution in [2.24, 2.45) is 0 Å². The molecule has 0 radical (unpaired) electrons. The third-order valence-corrected chi connectivity index (χ3v) is 4.52. The molecule has 2 aromatic rings. The van der Waals surface area contributed by atoms with Crippen LogP contribution in [0, 0.1) is 6.92 Å². The highest BCUT2D eigenvalue weighted by Gasteiger charge is 2.36. The molecule has 0 spiro atoms. The van der Waals surface area contributed by atoms with Gasteiger partial charge >= 0.3 is 0 Å². The van der Waals surface area contributed by atoms with Gasteiger partial charge in [0.1, 0.15) is 6.04 Å². The second kappa shape index (κ2) is 7.05. The zero-order chi connectivity index (χ0) is 17.1. The first-order valence-electron chi connectivity index (χ1n) is 7.95. The normalized spacial score (nSPS) is 17.2. The maximum Gasteiger partial charge on any atom is 0.247 e. The zero-order valence-electron chi connectivity index (χ0n) is 13.5. The van der Waals surface area contributed by atoms with Gasteiger partial charge in [0.15, 0.2) is 0 Å². The number of benzene rings is 2. The van der Waals surface area contributed by atoms with Crippen LogP contribution in [0.2, 0.25) is 5.02 Å². The predicted octanol–water partition coefficient (Wildman–Crippen LogP) is 3.78. The first kappa shape index (κ1) is 16.5. The van der Waals surface area contributed by atoms with Gasteiger partial charge in [0, 0.05) is 23.7 Å². The molecule has 1 fully saturated rings. The minimum Gasteiger partial charge on any atom is -0.326 e. The van der Waals surface area contributed by atoms with E-state index in [0.29, 0.717) is 30.1 Å². The molecule has 2 amide bonds. The Morgan fingerprint density at radius 2 is 2.00 bits per heavy atom. The largest absolute Gasteiger partial charge is 0.326 e. The van der Waals surface area contributed by atoms with Crippen molar-refractivity contribution in [2.75, 3.05) is 5.32 Å². The van der Waals surface area contributed by atoms with E-state index in [9.17, 15) is 9.59 Å². The van der Waals surface area contributed by atoms with Crippen LogP contribution in [-0.4, -0.2) is 22.8 Å². The van der Waals surface area contributed by atoms with Gasteiger partial charge in [-0.05, 0) is 36.6 Å². The Kier molecular flexibility index (Phi) is 4.86. The van der Waals surface area contributed by atoms with Crippen molar-refractivity contribution < 1.29 is 9.59 Å². The first-order valence-corrected chi connectivity index (χ1v) is 8.33. The predicted molar refractivity (Wildman–Crippen MR) is 94.8 cm³/mol. The number of aryl methyl sites for hydroxylation is 1. The lowest BCUT2D eigenvalue weighted by molar-refractivity contribution is -0.133. The molecule has 5 heteroatoms. The molecule has 1 aliphatic rings. The summed E-state index contributed by atoms with van der Waals surface area (Å²) in [5.41, 5.74) is 2.64. The number of nitrogens with one attached hydrogen (secondary N) is 1. The molecule has 0 aliphatic carbocycles. The molecule has 1 aliphatic heterocycles. The number of hydrogen-bond acceptors (Lipinski definition) is 2. The van der Waals surface area contributed by atoms with Crippen molar-refractivity contribution in [3.63, 3.8) is 0 Å².